The van der Waals surface area contributed by atoms with Crippen LogP contribution in [0.25, 0.3) is 0 Å². The predicted octanol–water partition coefficient (Wildman–Crippen LogP) is 0.861. The fourth-order valence-corrected chi connectivity index (χ4v) is 0.593. The first kappa shape index (κ1) is 8.32. The lowest BCUT2D eigenvalue weighted by Gasteiger charge is -2.19. The molecule has 0 bridgehead atoms. The number of nitrogens with zero attached hydrogens (tertiary/aromatic N) is 2. The van der Waals surface area contributed by atoms with Gasteiger partial charge in [0.05, 0.1) is 6.42 Å². The normalized spacial score (nSPS) is 24.7. The van der Waals surface area contributed by atoms with Crippen LogP contribution >= 0.6 is 0 Å². The summed E-state index contributed by atoms with van der Waals surface area (Å²) in [7, 11) is 1.37. The molecule has 1 aliphatic rings. The summed E-state index contributed by atoms with van der Waals surface area (Å²) in [4.78, 5) is 0. The summed E-state index contributed by atoms with van der Waals surface area (Å²) < 4.78 is 38.2. The molecule has 1 heterocycles. The van der Waals surface area contributed by atoms with Gasteiger partial charge in [-0.15, -0.1) is 13.2 Å². The average Bonchev–Trinajstić information content (AvgIpc) is 2.12. The summed E-state index contributed by atoms with van der Waals surface area (Å²) in [6, 6.07) is 0. The zero-order chi connectivity index (χ0) is 8.48. The van der Waals surface area contributed by atoms with Crippen molar-refractivity contribution < 1.29 is 17.9 Å². The van der Waals surface area contributed by atoms with Gasteiger partial charge in [0.15, 0.2) is 6.23 Å². The lowest BCUT2D eigenvalue weighted by Crippen LogP contribution is -2.32. The van der Waals surface area contributed by atoms with Gasteiger partial charge in [-0.2, -0.15) is 5.10 Å². The van der Waals surface area contributed by atoms with E-state index in [9.17, 15) is 13.2 Å². The fourth-order valence-electron chi connectivity index (χ4n) is 0.593. The van der Waals surface area contributed by atoms with Crippen LogP contribution < -0.4 is 0 Å². The molecule has 62 valence electrons. The largest absolute Gasteiger partial charge is 0.524 e. The second-order valence-corrected chi connectivity index (χ2v) is 1.90. The van der Waals surface area contributed by atoms with Gasteiger partial charge in [-0.3, -0.25) is 9.75 Å². The number of halogens is 3. The maximum absolute atomic E-state index is 11.5. The van der Waals surface area contributed by atoms with Crippen LogP contribution in [0.5, 0.6) is 0 Å². The lowest BCUT2D eigenvalue weighted by molar-refractivity contribution is -0.351. The summed E-state index contributed by atoms with van der Waals surface area (Å²) in [5.74, 6) is 0. The van der Waals surface area contributed by atoms with Gasteiger partial charge in [0, 0.05) is 13.3 Å². The third-order valence-electron chi connectivity index (χ3n) is 1.04. The van der Waals surface area contributed by atoms with Crippen molar-refractivity contribution in [1.29, 1.82) is 0 Å². The van der Waals surface area contributed by atoms with Crippen molar-refractivity contribution in [2.45, 2.75) is 12.6 Å². The zero-order valence-corrected chi connectivity index (χ0v) is 5.59. The Balaban J connectivity index is 2.40. The van der Waals surface area contributed by atoms with E-state index in [1.54, 1.807) is 0 Å². The molecular formula is C5H5F3N2O. The van der Waals surface area contributed by atoms with Gasteiger partial charge in [-0.25, -0.2) is 0 Å². The molecule has 3 nitrogen and oxygen atoms in total. The first-order valence-corrected chi connectivity index (χ1v) is 2.75. The zero-order valence-electron chi connectivity index (χ0n) is 5.59. The average molecular weight is 166 g/mol. The molecule has 0 aromatic rings. The molecule has 0 spiro atoms. The molecule has 0 aromatic heterocycles. The van der Waals surface area contributed by atoms with Crippen LogP contribution in [0, 0.1) is 6.42 Å². The van der Waals surface area contributed by atoms with Gasteiger partial charge in [-0.1, -0.05) is 0 Å². The number of alkyl halides is 3. The molecule has 2 radical (unpaired) electrons. The van der Waals surface area contributed by atoms with Gasteiger partial charge in [-0.05, 0) is 0 Å². The Bertz CT molecular complexity index is 168. The van der Waals surface area contributed by atoms with Crippen molar-refractivity contribution in [2.75, 3.05) is 7.05 Å². The fraction of sp³-hybridized carbons (Fsp3) is 0.600. The summed E-state index contributed by atoms with van der Waals surface area (Å²) in [6.45, 7) is 0. The second-order valence-electron chi connectivity index (χ2n) is 1.90. The highest BCUT2D eigenvalue weighted by Gasteiger charge is 2.36. The second kappa shape index (κ2) is 2.69. The van der Waals surface area contributed by atoms with Gasteiger partial charge in [0.2, 0.25) is 0 Å². The van der Waals surface area contributed by atoms with E-state index in [2.05, 4.69) is 16.3 Å². The Morgan fingerprint density at radius 3 is 2.64 bits per heavy atom. The van der Waals surface area contributed by atoms with Crippen molar-refractivity contribution in [3.05, 3.63) is 6.42 Å². The minimum Gasteiger partial charge on any atom is -0.271 e. The molecule has 0 aromatic carbocycles. The van der Waals surface area contributed by atoms with E-state index in [0.717, 1.165) is 11.2 Å². The SMILES string of the molecule is CN1N=C[C]C1OC(F)(F)F. The Hall–Kier alpha value is -0.780. The summed E-state index contributed by atoms with van der Waals surface area (Å²) in [6.07, 6.45) is -2.49. The molecule has 1 unspecified atom stereocenters. The molecule has 0 amide bonds. The highest BCUT2D eigenvalue weighted by atomic mass is 19.4. The molecule has 0 saturated carbocycles. The van der Waals surface area contributed by atoms with Crippen LogP contribution in [0.15, 0.2) is 5.10 Å². The molecule has 0 fully saturated rings. The van der Waals surface area contributed by atoms with E-state index in [4.69, 9.17) is 0 Å². The highest BCUT2D eigenvalue weighted by molar-refractivity contribution is 5.70. The van der Waals surface area contributed by atoms with Crippen LogP contribution in [-0.2, 0) is 4.74 Å². The Kier molecular flexibility index (Phi) is 2.03. The number of hydrazone groups is 1. The van der Waals surface area contributed by atoms with E-state index in [-0.39, 0.29) is 0 Å². The van der Waals surface area contributed by atoms with Gasteiger partial charge in [0.1, 0.15) is 0 Å². The van der Waals surface area contributed by atoms with E-state index in [1.807, 2.05) is 0 Å². The predicted molar refractivity (Wildman–Crippen MR) is 30.4 cm³/mol. The summed E-state index contributed by atoms with van der Waals surface area (Å²) >= 11 is 0. The first-order valence-electron chi connectivity index (χ1n) is 2.75. The van der Waals surface area contributed by atoms with Crippen molar-refractivity contribution in [3.8, 4) is 0 Å². The molecule has 6 heteroatoms. The maximum Gasteiger partial charge on any atom is 0.524 e. The van der Waals surface area contributed by atoms with Crippen LogP contribution in [-0.4, -0.2) is 30.9 Å². The topological polar surface area (TPSA) is 24.8 Å². The van der Waals surface area contributed by atoms with Crippen molar-refractivity contribution >= 4 is 6.21 Å². The first-order chi connectivity index (χ1) is 4.99. The van der Waals surface area contributed by atoms with Gasteiger partial charge >= 0.3 is 6.36 Å². The molecule has 1 aliphatic heterocycles. The summed E-state index contributed by atoms with van der Waals surface area (Å²) in [5.41, 5.74) is 0. The van der Waals surface area contributed by atoms with E-state index in [1.165, 1.54) is 7.05 Å². The highest BCUT2D eigenvalue weighted by Crippen LogP contribution is 2.22. The quantitative estimate of drug-likeness (QED) is 0.577. The van der Waals surface area contributed by atoms with Crippen molar-refractivity contribution in [1.82, 2.24) is 5.01 Å². The van der Waals surface area contributed by atoms with E-state index < -0.39 is 12.6 Å². The molecule has 11 heavy (non-hydrogen) atoms. The molecule has 0 N–H and O–H groups in total. The van der Waals surface area contributed by atoms with Crippen molar-refractivity contribution in [3.63, 3.8) is 0 Å². The van der Waals surface area contributed by atoms with Crippen molar-refractivity contribution in [2.24, 2.45) is 5.10 Å². The van der Waals surface area contributed by atoms with Crippen LogP contribution in [0.2, 0.25) is 0 Å². The lowest BCUT2D eigenvalue weighted by atomic mass is 10.4. The Morgan fingerprint density at radius 1 is 1.64 bits per heavy atom. The molecular weight excluding hydrogens is 161 g/mol. The third kappa shape index (κ3) is 2.38. The Labute approximate surface area is 61.4 Å². The molecule has 1 atom stereocenters. The van der Waals surface area contributed by atoms with Gasteiger partial charge < -0.3 is 0 Å². The van der Waals surface area contributed by atoms with Crippen LogP contribution in [0.3, 0.4) is 0 Å². The third-order valence-corrected chi connectivity index (χ3v) is 1.04. The van der Waals surface area contributed by atoms with E-state index in [0.29, 0.717) is 0 Å². The minimum atomic E-state index is -4.64. The number of ether oxygens (including phenoxy) is 1. The smallest absolute Gasteiger partial charge is 0.271 e. The molecule has 0 aliphatic carbocycles. The summed E-state index contributed by atoms with van der Waals surface area (Å²) in [5, 5.41) is 4.50. The van der Waals surface area contributed by atoms with Crippen LogP contribution in [0.4, 0.5) is 13.2 Å². The molecule has 1 rings (SSSR count). The number of hydrogen-bond donors (Lipinski definition) is 0. The molecule has 0 saturated heterocycles. The monoisotopic (exact) mass is 166 g/mol. The number of rotatable bonds is 1. The number of hydrogen-bond acceptors (Lipinski definition) is 3. The van der Waals surface area contributed by atoms with Crippen LogP contribution in [0.1, 0.15) is 0 Å². The van der Waals surface area contributed by atoms with Gasteiger partial charge in [0.25, 0.3) is 0 Å². The van der Waals surface area contributed by atoms with E-state index >= 15 is 0 Å². The Morgan fingerprint density at radius 2 is 2.27 bits per heavy atom. The minimum absolute atomic E-state index is 1.02. The standard InChI is InChI=1S/C5H5F3N2O/c1-10-4(2-3-9-10)11-5(6,7)8/h3-4H,1H3. The maximum atomic E-state index is 11.5.